The van der Waals surface area contributed by atoms with Gasteiger partial charge in [0.05, 0.1) is 16.3 Å². The lowest BCUT2D eigenvalue weighted by Crippen LogP contribution is -2.27. The van der Waals surface area contributed by atoms with Crippen LogP contribution in [0.2, 0.25) is 0 Å². The van der Waals surface area contributed by atoms with Crippen LogP contribution in [-0.2, 0) is 4.74 Å². The zero-order valence-corrected chi connectivity index (χ0v) is 14.9. The molecule has 0 aliphatic rings. The Kier molecular flexibility index (Phi) is 5.55. The largest absolute Gasteiger partial charge is 0.444 e. The standard InChI is InChI=1S/C16H20N6O4/c1-16(2,3)26-15(23)20-11-8-6-5-7-10(11)19-14-18-9-12(22(24)25)13(17-4)21-14/h5-9H,1-4H3,(H,20,23)(H2,17,18,19,21). The van der Waals surface area contributed by atoms with E-state index in [1.54, 1.807) is 45.0 Å². The van der Waals surface area contributed by atoms with E-state index in [-0.39, 0.29) is 17.5 Å². The SMILES string of the molecule is CNc1nc(Nc2ccccc2NC(=O)OC(C)(C)C)ncc1[N+](=O)[O-]. The van der Waals surface area contributed by atoms with Crippen molar-refractivity contribution < 1.29 is 14.5 Å². The summed E-state index contributed by atoms with van der Waals surface area (Å²) < 4.78 is 5.23. The van der Waals surface area contributed by atoms with Gasteiger partial charge in [0.25, 0.3) is 0 Å². The minimum Gasteiger partial charge on any atom is -0.444 e. The maximum atomic E-state index is 12.0. The number of nitrogens with zero attached hydrogens (tertiary/aromatic N) is 3. The fourth-order valence-electron chi connectivity index (χ4n) is 1.99. The molecule has 0 saturated heterocycles. The highest BCUT2D eigenvalue weighted by molar-refractivity contribution is 5.90. The van der Waals surface area contributed by atoms with Gasteiger partial charge in [0.2, 0.25) is 11.8 Å². The summed E-state index contributed by atoms with van der Waals surface area (Å²) in [5.74, 6) is 0.212. The van der Waals surface area contributed by atoms with Crippen molar-refractivity contribution in [2.45, 2.75) is 26.4 Å². The Balaban J connectivity index is 2.23. The van der Waals surface area contributed by atoms with E-state index in [0.29, 0.717) is 11.4 Å². The quantitative estimate of drug-likeness (QED) is 0.545. The Labute approximate surface area is 150 Å². The minimum absolute atomic E-state index is 0.0742. The molecule has 26 heavy (non-hydrogen) atoms. The summed E-state index contributed by atoms with van der Waals surface area (Å²) in [5, 5.41) is 19.2. The lowest BCUT2D eigenvalue weighted by molar-refractivity contribution is -0.384. The van der Waals surface area contributed by atoms with Crippen LogP contribution in [0.1, 0.15) is 20.8 Å². The highest BCUT2D eigenvalue weighted by atomic mass is 16.6. The van der Waals surface area contributed by atoms with E-state index in [1.165, 1.54) is 7.05 Å². The fraction of sp³-hybridized carbons (Fsp3) is 0.312. The Morgan fingerprint density at radius 2 is 1.88 bits per heavy atom. The Morgan fingerprint density at radius 3 is 2.46 bits per heavy atom. The molecule has 10 nitrogen and oxygen atoms in total. The van der Waals surface area contributed by atoms with Crippen LogP contribution >= 0.6 is 0 Å². The molecule has 3 N–H and O–H groups in total. The van der Waals surface area contributed by atoms with E-state index in [9.17, 15) is 14.9 Å². The first-order valence-electron chi connectivity index (χ1n) is 7.75. The first kappa shape index (κ1) is 18.9. The van der Waals surface area contributed by atoms with Crippen molar-refractivity contribution in [1.82, 2.24) is 9.97 Å². The lowest BCUT2D eigenvalue weighted by Gasteiger charge is -2.20. The number of benzene rings is 1. The third-order valence-corrected chi connectivity index (χ3v) is 3.01. The molecule has 0 aliphatic heterocycles. The second-order valence-electron chi connectivity index (χ2n) is 6.23. The zero-order chi connectivity index (χ0) is 19.3. The monoisotopic (exact) mass is 360 g/mol. The van der Waals surface area contributed by atoms with E-state index in [0.717, 1.165) is 6.20 Å². The van der Waals surface area contributed by atoms with Gasteiger partial charge >= 0.3 is 11.8 Å². The van der Waals surface area contributed by atoms with E-state index in [2.05, 4.69) is 25.9 Å². The molecule has 2 rings (SSSR count). The summed E-state index contributed by atoms with van der Waals surface area (Å²) in [5.41, 5.74) is 0.0949. The van der Waals surface area contributed by atoms with Gasteiger partial charge in [-0.1, -0.05) is 12.1 Å². The second-order valence-corrected chi connectivity index (χ2v) is 6.23. The van der Waals surface area contributed by atoms with Crippen molar-refractivity contribution in [3.63, 3.8) is 0 Å². The molecule has 0 spiro atoms. The van der Waals surface area contributed by atoms with Crippen LogP contribution in [0.15, 0.2) is 30.5 Å². The summed E-state index contributed by atoms with van der Waals surface area (Å²) in [4.78, 5) is 30.3. The number of carbonyl (C=O) groups is 1. The maximum absolute atomic E-state index is 12.0. The van der Waals surface area contributed by atoms with Gasteiger partial charge < -0.3 is 15.4 Å². The summed E-state index contributed by atoms with van der Waals surface area (Å²) in [7, 11) is 1.52. The third-order valence-electron chi connectivity index (χ3n) is 3.01. The third kappa shape index (κ3) is 5.03. The van der Waals surface area contributed by atoms with Gasteiger partial charge in [-0.2, -0.15) is 4.98 Å². The fourth-order valence-corrected chi connectivity index (χ4v) is 1.99. The van der Waals surface area contributed by atoms with Crippen LogP contribution in [0.4, 0.5) is 33.6 Å². The van der Waals surface area contributed by atoms with E-state index in [1.807, 2.05) is 0 Å². The number of anilines is 4. The first-order chi connectivity index (χ1) is 12.2. The molecular formula is C16H20N6O4. The smallest absolute Gasteiger partial charge is 0.412 e. The van der Waals surface area contributed by atoms with Gasteiger partial charge in [0.15, 0.2) is 0 Å². The molecule has 138 valence electrons. The molecule has 1 heterocycles. The minimum atomic E-state index is -0.629. The average molecular weight is 360 g/mol. The molecule has 0 unspecified atom stereocenters. The number of hydrogen-bond donors (Lipinski definition) is 3. The number of rotatable bonds is 5. The molecule has 0 saturated carbocycles. The number of ether oxygens (including phenoxy) is 1. The molecule has 0 bridgehead atoms. The second kappa shape index (κ2) is 7.64. The van der Waals surface area contributed by atoms with E-state index < -0.39 is 16.6 Å². The van der Waals surface area contributed by atoms with Gasteiger partial charge in [0.1, 0.15) is 11.8 Å². The Hall–Kier alpha value is -3.43. The number of carbonyl (C=O) groups excluding carboxylic acids is 1. The number of aromatic nitrogens is 2. The number of para-hydroxylation sites is 2. The van der Waals surface area contributed by atoms with Gasteiger partial charge in [-0.15, -0.1) is 0 Å². The molecule has 0 fully saturated rings. The van der Waals surface area contributed by atoms with Crippen molar-refractivity contribution >= 4 is 34.9 Å². The normalized spacial score (nSPS) is 10.8. The molecular weight excluding hydrogens is 340 g/mol. The molecule has 2 aromatic rings. The summed E-state index contributed by atoms with van der Waals surface area (Å²) >= 11 is 0. The summed E-state index contributed by atoms with van der Waals surface area (Å²) in [6, 6.07) is 6.88. The van der Waals surface area contributed by atoms with Crippen LogP contribution in [0.5, 0.6) is 0 Å². The molecule has 0 atom stereocenters. The molecule has 0 radical (unpaired) electrons. The highest BCUT2D eigenvalue weighted by Gasteiger charge is 2.19. The van der Waals surface area contributed by atoms with Gasteiger partial charge in [-0.25, -0.2) is 9.78 Å². The van der Waals surface area contributed by atoms with Crippen LogP contribution < -0.4 is 16.0 Å². The summed E-state index contributed by atoms with van der Waals surface area (Å²) in [6.45, 7) is 5.29. The van der Waals surface area contributed by atoms with E-state index in [4.69, 9.17) is 4.74 Å². The van der Waals surface area contributed by atoms with Crippen molar-refractivity contribution in [3.05, 3.63) is 40.6 Å². The number of hydrogen-bond acceptors (Lipinski definition) is 8. The number of nitro groups is 1. The Morgan fingerprint density at radius 1 is 1.23 bits per heavy atom. The maximum Gasteiger partial charge on any atom is 0.412 e. The predicted octanol–water partition coefficient (Wildman–Crippen LogP) is 3.52. The van der Waals surface area contributed by atoms with Crippen LogP contribution in [0.3, 0.4) is 0 Å². The van der Waals surface area contributed by atoms with Crippen LogP contribution in [-0.4, -0.2) is 33.6 Å². The molecule has 1 aromatic carbocycles. The predicted molar refractivity (Wildman–Crippen MR) is 97.8 cm³/mol. The van der Waals surface area contributed by atoms with Crippen molar-refractivity contribution in [1.29, 1.82) is 0 Å². The molecule has 0 aliphatic carbocycles. The van der Waals surface area contributed by atoms with Gasteiger partial charge in [-0.3, -0.25) is 15.4 Å². The van der Waals surface area contributed by atoms with Crippen LogP contribution in [0, 0.1) is 10.1 Å². The van der Waals surface area contributed by atoms with Crippen molar-refractivity contribution in [2.24, 2.45) is 0 Å². The zero-order valence-electron chi connectivity index (χ0n) is 14.9. The number of nitrogens with one attached hydrogen (secondary N) is 3. The topological polar surface area (TPSA) is 131 Å². The lowest BCUT2D eigenvalue weighted by atomic mass is 10.2. The van der Waals surface area contributed by atoms with Crippen LogP contribution in [0.25, 0.3) is 0 Å². The molecule has 1 amide bonds. The summed E-state index contributed by atoms with van der Waals surface area (Å²) in [6.07, 6.45) is 0.498. The van der Waals surface area contributed by atoms with Gasteiger partial charge in [0, 0.05) is 7.05 Å². The molecule has 10 heteroatoms. The van der Waals surface area contributed by atoms with Crippen molar-refractivity contribution in [3.8, 4) is 0 Å². The number of amides is 1. The highest BCUT2D eigenvalue weighted by Crippen LogP contribution is 2.27. The van der Waals surface area contributed by atoms with E-state index >= 15 is 0 Å². The molecule has 1 aromatic heterocycles. The Bertz CT molecular complexity index is 819. The van der Waals surface area contributed by atoms with Gasteiger partial charge in [-0.05, 0) is 32.9 Å². The first-order valence-corrected chi connectivity index (χ1v) is 7.75. The average Bonchev–Trinajstić information content (AvgIpc) is 2.54. The van der Waals surface area contributed by atoms with Crippen molar-refractivity contribution in [2.75, 3.05) is 23.0 Å².